The van der Waals surface area contributed by atoms with Gasteiger partial charge in [-0.15, -0.1) is 0 Å². The van der Waals surface area contributed by atoms with E-state index in [-0.39, 0.29) is 11.9 Å². The van der Waals surface area contributed by atoms with Crippen LogP contribution >= 0.6 is 0 Å². The molecule has 1 heterocycles. The van der Waals surface area contributed by atoms with E-state index >= 15 is 0 Å². The van der Waals surface area contributed by atoms with Gasteiger partial charge in [0.2, 0.25) is 5.91 Å². The van der Waals surface area contributed by atoms with Crippen LogP contribution in [-0.2, 0) is 4.79 Å². The van der Waals surface area contributed by atoms with E-state index in [2.05, 4.69) is 10.3 Å². The molecule has 0 fully saturated rings. The summed E-state index contributed by atoms with van der Waals surface area (Å²) in [6.07, 6.45) is 3.19. The molecular weight excluding hydrogens is 168 g/mol. The zero-order valence-corrected chi connectivity index (χ0v) is 7.82. The van der Waals surface area contributed by atoms with Crippen LogP contribution in [0.4, 0.5) is 5.82 Å². The number of nitrogen functional groups attached to an aromatic ring is 1. The minimum absolute atomic E-state index is 0.0279. The maximum atomic E-state index is 11.4. The van der Waals surface area contributed by atoms with Crippen LogP contribution in [0.2, 0.25) is 0 Å². The van der Waals surface area contributed by atoms with Crippen LogP contribution in [0.15, 0.2) is 12.5 Å². The Hall–Kier alpha value is -1.52. The zero-order chi connectivity index (χ0) is 9.84. The van der Waals surface area contributed by atoms with Gasteiger partial charge in [-0.3, -0.25) is 4.79 Å². The molecule has 1 atom stereocenters. The van der Waals surface area contributed by atoms with Gasteiger partial charge in [0.25, 0.3) is 0 Å². The number of hydrogen-bond acceptors (Lipinski definition) is 3. The number of rotatable bonds is 3. The van der Waals surface area contributed by atoms with E-state index in [9.17, 15) is 4.79 Å². The first kappa shape index (κ1) is 9.57. The summed E-state index contributed by atoms with van der Waals surface area (Å²) in [5.41, 5.74) is 5.43. The quantitative estimate of drug-likeness (QED) is 0.699. The second-order valence-electron chi connectivity index (χ2n) is 2.82. The molecule has 0 radical (unpaired) electrons. The number of nitrogens with zero attached hydrogens (tertiary/aromatic N) is 2. The molecule has 0 spiro atoms. The van der Waals surface area contributed by atoms with Crippen LogP contribution in [0.1, 0.15) is 19.9 Å². The third-order valence-electron chi connectivity index (χ3n) is 1.80. The molecule has 5 nitrogen and oxygen atoms in total. The highest BCUT2D eigenvalue weighted by Gasteiger charge is 2.13. The molecule has 0 saturated heterocycles. The van der Waals surface area contributed by atoms with E-state index in [0.717, 1.165) is 0 Å². The van der Waals surface area contributed by atoms with Gasteiger partial charge in [0.15, 0.2) is 0 Å². The highest BCUT2D eigenvalue weighted by molar-refractivity contribution is 5.79. The van der Waals surface area contributed by atoms with Crippen LogP contribution in [0.3, 0.4) is 0 Å². The van der Waals surface area contributed by atoms with Gasteiger partial charge in [-0.25, -0.2) is 4.98 Å². The van der Waals surface area contributed by atoms with Gasteiger partial charge in [0.1, 0.15) is 11.9 Å². The molecule has 13 heavy (non-hydrogen) atoms. The van der Waals surface area contributed by atoms with Crippen LogP contribution in [0.25, 0.3) is 0 Å². The fraction of sp³-hybridized carbons (Fsp3) is 0.500. The number of carbonyl (C=O) groups is 1. The average Bonchev–Trinajstić information content (AvgIpc) is 2.51. The van der Waals surface area contributed by atoms with Crippen molar-refractivity contribution in [2.45, 2.75) is 19.9 Å². The predicted molar refractivity (Wildman–Crippen MR) is 50.0 cm³/mol. The summed E-state index contributed by atoms with van der Waals surface area (Å²) in [7, 11) is 0. The van der Waals surface area contributed by atoms with Gasteiger partial charge in [-0.2, -0.15) is 0 Å². The Bertz CT molecular complexity index is 294. The second-order valence-corrected chi connectivity index (χ2v) is 2.82. The average molecular weight is 182 g/mol. The lowest BCUT2D eigenvalue weighted by Gasteiger charge is -2.11. The molecular formula is C8H14N4O. The molecule has 0 saturated carbocycles. The summed E-state index contributed by atoms with van der Waals surface area (Å²) < 4.78 is 1.68. The van der Waals surface area contributed by atoms with Crippen molar-refractivity contribution < 1.29 is 4.79 Å². The van der Waals surface area contributed by atoms with Crippen molar-refractivity contribution in [1.29, 1.82) is 0 Å². The Morgan fingerprint density at radius 2 is 2.54 bits per heavy atom. The molecule has 3 N–H and O–H groups in total. The molecule has 0 aliphatic heterocycles. The normalized spacial score (nSPS) is 12.5. The van der Waals surface area contributed by atoms with E-state index in [1.165, 1.54) is 0 Å². The highest BCUT2D eigenvalue weighted by Crippen LogP contribution is 2.07. The number of likely N-dealkylation sites (N-methyl/N-ethyl adjacent to an activating group) is 1. The molecule has 1 aromatic rings. The Morgan fingerprint density at radius 3 is 3.00 bits per heavy atom. The van der Waals surface area contributed by atoms with Crippen molar-refractivity contribution in [1.82, 2.24) is 14.9 Å². The van der Waals surface area contributed by atoms with E-state index in [4.69, 9.17) is 5.73 Å². The molecule has 0 bridgehead atoms. The van der Waals surface area contributed by atoms with Crippen molar-refractivity contribution in [2.75, 3.05) is 12.3 Å². The minimum Gasteiger partial charge on any atom is -0.382 e. The van der Waals surface area contributed by atoms with Crippen molar-refractivity contribution in [3.05, 3.63) is 12.5 Å². The predicted octanol–water partition coefficient (Wildman–Crippen LogP) is 0.162. The number of nitrogens with one attached hydrogen (secondary N) is 1. The maximum absolute atomic E-state index is 11.4. The lowest BCUT2D eigenvalue weighted by atomic mass is 10.3. The van der Waals surface area contributed by atoms with Gasteiger partial charge >= 0.3 is 0 Å². The molecule has 1 unspecified atom stereocenters. The summed E-state index contributed by atoms with van der Waals surface area (Å²) in [4.78, 5) is 15.2. The fourth-order valence-corrected chi connectivity index (χ4v) is 1.02. The van der Waals surface area contributed by atoms with Crippen LogP contribution < -0.4 is 11.1 Å². The van der Waals surface area contributed by atoms with Crippen LogP contribution in [0.5, 0.6) is 0 Å². The second kappa shape index (κ2) is 3.93. The number of nitrogens with two attached hydrogens (primary N) is 1. The van der Waals surface area contributed by atoms with Crippen molar-refractivity contribution in [2.24, 2.45) is 0 Å². The number of aromatic nitrogens is 2. The van der Waals surface area contributed by atoms with Gasteiger partial charge in [-0.05, 0) is 13.8 Å². The summed E-state index contributed by atoms with van der Waals surface area (Å²) in [5, 5.41) is 2.72. The number of hydrogen-bond donors (Lipinski definition) is 2. The number of anilines is 1. The van der Waals surface area contributed by atoms with Gasteiger partial charge in [0, 0.05) is 12.7 Å². The molecule has 1 rings (SSSR count). The lowest BCUT2D eigenvalue weighted by molar-refractivity contribution is -0.123. The Labute approximate surface area is 76.9 Å². The van der Waals surface area contributed by atoms with E-state index in [0.29, 0.717) is 12.4 Å². The maximum Gasteiger partial charge on any atom is 0.242 e. The number of amides is 1. The molecule has 0 aliphatic carbocycles. The number of carbonyl (C=O) groups excluding carboxylic acids is 1. The molecule has 72 valence electrons. The summed E-state index contributed by atoms with van der Waals surface area (Å²) in [6.45, 7) is 4.31. The minimum atomic E-state index is -0.259. The van der Waals surface area contributed by atoms with Crippen LogP contribution in [0, 0.1) is 0 Å². The summed E-state index contributed by atoms with van der Waals surface area (Å²) in [5.74, 6) is 0.399. The molecule has 0 aromatic carbocycles. The molecule has 0 aliphatic rings. The Balaban J connectivity index is 2.67. The third-order valence-corrected chi connectivity index (χ3v) is 1.80. The van der Waals surface area contributed by atoms with Gasteiger partial charge < -0.3 is 15.6 Å². The zero-order valence-electron chi connectivity index (χ0n) is 7.82. The fourth-order valence-electron chi connectivity index (χ4n) is 1.02. The summed E-state index contributed by atoms with van der Waals surface area (Å²) >= 11 is 0. The first-order valence-electron chi connectivity index (χ1n) is 4.21. The van der Waals surface area contributed by atoms with Crippen molar-refractivity contribution >= 4 is 11.7 Å². The molecule has 1 amide bonds. The Kier molecular flexibility index (Phi) is 2.89. The topological polar surface area (TPSA) is 72.9 Å². The van der Waals surface area contributed by atoms with Gasteiger partial charge in [0.05, 0.1) is 6.33 Å². The van der Waals surface area contributed by atoms with E-state index in [1.807, 2.05) is 6.92 Å². The number of imidazole rings is 1. The standard InChI is InChI=1S/C8H14N4O/c1-3-10-8(13)6(2)12-4-7(9)11-5-12/h4-6H,3,9H2,1-2H3,(H,10,13). The SMILES string of the molecule is CCNC(=O)C(C)n1cnc(N)c1. The monoisotopic (exact) mass is 182 g/mol. The van der Waals surface area contributed by atoms with E-state index in [1.54, 1.807) is 24.0 Å². The van der Waals surface area contributed by atoms with Gasteiger partial charge in [-0.1, -0.05) is 0 Å². The third kappa shape index (κ3) is 2.21. The first-order chi connectivity index (χ1) is 6.15. The largest absolute Gasteiger partial charge is 0.382 e. The van der Waals surface area contributed by atoms with Crippen molar-refractivity contribution in [3.63, 3.8) is 0 Å². The Morgan fingerprint density at radius 1 is 1.85 bits per heavy atom. The first-order valence-corrected chi connectivity index (χ1v) is 4.21. The van der Waals surface area contributed by atoms with Crippen molar-refractivity contribution in [3.8, 4) is 0 Å². The smallest absolute Gasteiger partial charge is 0.242 e. The lowest BCUT2D eigenvalue weighted by Crippen LogP contribution is -2.30. The summed E-state index contributed by atoms with van der Waals surface area (Å²) in [6, 6.07) is -0.259. The van der Waals surface area contributed by atoms with E-state index < -0.39 is 0 Å². The van der Waals surface area contributed by atoms with Crippen LogP contribution in [-0.4, -0.2) is 22.0 Å². The molecule has 1 aromatic heterocycles. The molecule has 5 heteroatoms. The highest BCUT2D eigenvalue weighted by atomic mass is 16.2.